The lowest BCUT2D eigenvalue weighted by atomic mass is 9.97. The molecule has 2 saturated heterocycles. The largest absolute Gasteiger partial charge is 0.381 e. The summed E-state index contributed by atoms with van der Waals surface area (Å²) < 4.78 is 5.43. The Labute approximate surface area is 99.5 Å². The van der Waals surface area contributed by atoms with E-state index in [4.69, 9.17) is 4.74 Å². The molecule has 2 heterocycles. The first kappa shape index (κ1) is 12.3. The molecule has 0 aromatic rings. The second-order valence-electron chi connectivity index (χ2n) is 5.37. The maximum absolute atomic E-state index is 5.43. The molecule has 3 heteroatoms. The van der Waals surface area contributed by atoms with Crippen molar-refractivity contribution in [1.82, 2.24) is 10.2 Å². The molecule has 2 atom stereocenters. The molecular weight excluding hydrogens is 200 g/mol. The first-order chi connectivity index (χ1) is 7.79. The van der Waals surface area contributed by atoms with Gasteiger partial charge in [0.2, 0.25) is 0 Å². The molecule has 3 nitrogen and oxygen atoms in total. The number of piperazine rings is 1. The highest BCUT2D eigenvalue weighted by Gasteiger charge is 2.26. The van der Waals surface area contributed by atoms with Crippen molar-refractivity contribution in [2.75, 3.05) is 32.8 Å². The molecule has 0 aromatic carbocycles. The fourth-order valence-electron chi connectivity index (χ4n) is 2.78. The molecule has 2 rings (SSSR count). The van der Waals surface area contributed by atoms with Crippen molar-refractivity contribution < 1.29 is 4.74 Å². The van der Waals surface area contributed by atoms with Crippen LogP contribution in [0, 0.1) is 5.92 Å². The number of rotatable bonds is 3. The van der Waals surface area contributed by atoms with E-state index in [0.717, 1.165) is 25.7 Å². The summed E-state index contributed by atoms with van der Waals surface area (Å²) in [5.74, 6) is 0.867. The van der Waals surface area contributed by atoms with Crippen LogP contribution in [-0.2, 0) is 4.74 Å². The molecule has 94 valence electrons. The van der Waals surface area contributed by atoms with Crippen LogP contribution in [0.15, 0.2) is 0 Å². The predicted octanol–water partition coefficient (Wildman–Crippen LogP) is 1.49. The number of nitrogens with zero attached hydrogens (tertiary/aromatic N) is 1. The SMILES string of the molecule is CCC1CN(CC2CCOCC2)C(C)CN1. The van der Waals surface area contributed by atoms with Gasteiger partial charge in [0.25, 0.3) is 0 Å². The van der Waals surface area contributed by atoms with Gasteiger partial charge in [-0.15, -0.1) is 0 Å². The highest BCUT2D eigenvalue weighted by Crippen LogP contribution is 2.19. The zero-order valence-electron chi connectivity index (χ0n) is 10.7. The van der Waals surface area contributed by atoms with E-state index in [1.165, 1.54) is 32.4 Å². The van der Waals surface area contributed by atoms with Crippen LogP contribution in [0.2, 0.25) is 0 Å². The molecule has 2 aliphatic heterocycles. The summed E-state index contributed by atoms with van der Waals surface area (Å²) in [6.45, 7) is 10.2. The lowest BCUT2D eigenvalue weighted by molar-refractivity contribution is 0.0379. The Kier molecular flexibility index (Phi) is 4.62. The minimum atomic E-state index is 0.700. The summed E-state index contributed by atoms with van der Waals surface area (Å²) in [6.07, 6.45) is 3.76. The minimum absolute atomic E-state index is 0.700. The van der Waals surface area contributed by atoms with Gasteiger partial charge in [-0.1, -0.05) is 6.92 Å². The molecule has 2 aliphatic rings. The zero-order chi connectivity index (χ0) is 11.4. The molecule has 1 N–H and O–H groups in total. The molecular formula is C13H26N2O. The Balaban J connectivity index is 1.81. The number of nitrogens with one attached hydrogen (secondary N) is 1. The van der Waals surface area contributed by atoms with Gasteiger partial charge in [0.1, 0.15) is 0 Å². The Hall–Kier alpha value is -0.120. The van der Waals surface area contributed by atoms with Gasteiger partial charge in [-0.25, -0.2) is 0 Å². The first-order valence-corrected chi connectivity index (χ1v) is 6.84. The molecule has 0 amide bonds. The predicted molar refractivity (Wildman–Crippen MR) is 66.7 cm³/mol. The van der Waals surface area contributed by atoms with Crippen molar-refractivity contribution in [3.63, 3.8) is 0 Å². The Morgan fingerprint density at radius 2 is 2.06 bits per heavy atom. The number of ether oxygens (including phenoxy) is 1. The normalized spacial score (nSPS) is 34.1. The topological polar surface area (TPSA) is 24.5 Å². The third-order valence-electron chi connectivity index (χ3n) is 4.11. The molecule has 0 radical (unpaired) electrons. The summed E-state index contributed by atoms with van der Waals surface area (Å²) in [4.78, 5) is 2.68. The average Bonchev–Trinajstić information content (AvgIpc) is 2.33. The van der Waals surface area contributed by atoms with E-state index in [-0.39, 0.29) is 0 Å². The van der Waals surface area contributed by atoms with E-state index in [1.54, 1.807) is 0 Å². The van der Waals surface area contributed by atoms with Crippen LogP contribution in [0.5, 0.6) is 0 Å². The molecule has 16 heavy (non-hydrogen) atoms. The van der Waals surface area contributed by atoms with Gasteiger partial charge in [0.05, 0.1) is 0 Å². The van der Waals surface area contributed by atoms with E-state index in [0.29, 0.717) is 12.1 Å². The standard InChI is InChI=1S/C13H26N2O/c1-3-13-10-15(11(2)8-14-13)9-12-4-6-16-7-5-12/h11-14H,3-10H2,1-2H3. The molecule has 2 fully saturated rings. The summed E-state index contributed by atoms with van der Waals surface area (Å²) in [7, 11) is 0. The molecule has 2 unspecified atom stereocenters. The lowest BCUT2D eigenvalue weighted by Crippen LogP contribution is -2.56. The Morgan fingerprint density at radius 1 is 1.31 bits per heavy atom. The van der Waals surface area contributed by atoms with Crippen LogP contribution in [-0.4, -0.2) is 49.8 Å². The number of hydrogen-bond acceptors (Lipinski definition) is 3. The van der Waals surface area contributed by atoms with Gasteiger partial charge in [0, 0.05) is 44.9 Å². The van der Waals surface area contributed by atoms with E-state index in [1.807, 2.05) is 0 Å². The second kappa shape index (κ2) is 5.99. The monoisotopic (exact) mass is 226 g/mol. The quantitative estimate of drug-likeness (QED) is 0.789. The van der Waals surface area contributed by atoms with E-state index in [9.17, 15) is 0 Å². The van der Waals surface area contributed by atoms with Gasteiger partial charge in [0.15, 0.2) is 0 Å². The van der Waals surface area contributed by atoms with Crippen LogP contribution in [0.25, 0.3) is 0 Å². The van der Waals surface area contributed by atoms with Crippen LogP contribution in [0.3, 0.4) is 0 Å². The fourth-order valence-corrected chi connectivity index (χ4v) is 2.78. The van der Waals surface area contributed by atoms with Crippen LogP contribution in [0.4, 0.5) is 0 Å². The van der Waals surface area contributed by atoms with Gasteiger partial charge in [-0.05, 0) is 32.1 Å². The van der Waals surface area contributed by atoms with Crippen molar-refractivity contribution in [1.29, 1.82) is 0 Å². The van der Waals surface area contributed by atoms with Gasteiger partial charge >= 0.3 is 0 Å². The Bertz CT molecular complexity index is 204. The van der Waals surface area contributed by atoms with Crippen LogP contribution in [0.1, 0.15) is 33.1 Å². The fraction of sp³-hybridized carbons (Fsp3) is 1.00. The van der Waals surface area contributed by atoms with E-state index in [2.05, 4.69) is 24.1 Å². The summed E-state index contributed by atoms with van der Waals surface area (Å²) in [5, 5.41) is 3.62. The first-order valence-electron chi connectivity index (χ1n) is 6.84. The highest BCUT2D eigenvalue weighted by molar-refractivity contribution is 4.84. The summed E-state index contributed by atoms with van der Waals surface area (Å²) >= 11 is 0. The number of hydrogen-bond donors (Lipinski definition) is 1. The highest BCUT2D eigenvalue weighted by atomic mass is 16.5. The second-order valence-corrected chi connectivity index (χ2v) is 5.37. The van der Waals surface area contributed by atoms with Crippen molar-refractivity contribution in [2.45, 2.75) is 45.2 Å². The molecule has 0 spiro atoms. The zero-order valence-corrected chi connectivity index (χ0v) is 10.7. The Morgan fingerprint density at radius 3 is 2.75 bits per heavy atom. The van der Waals surface area contributed by atoms with Crippen molar-refractivity contribution in [3.05, 3.63) is 0 Å². The molecule has 0 aromatic heterocycles. The smallest absolute Gasteiger partial charge is 0.0469 e. The third-order valence-corrected chi connectivity index (χ3v) is 4.11. The minimum Gasteiger partial charge on any atom is -0.381 e. The molecule has 0 bridgehead atoms. The summed E-state index contributed by atoms with van der Waals surface area (Å²) in [5.41, 5.74) is 0. The van der Waals surface area contributed by atoms with Crippen molar-refractivity contribution >= 4 is 0 Å². The van der Waals surface area contributed by atoms with Crippen molar-refractivity contribution in [3.8, 4) is 0 Å². The van der Waals surface area contributed by atoms with Crippen LogP contribution < -0.4 is 5.32 Å². The molecule has 0 saturated carbocycles. The summed E-state index contributed by atoms with van der Waals surface area (Å²) in [6, 6.07) is 1.40. The van der Waals surface area contributed by atoms with Gasteiger partial charge in [-0.2, -0.15) is 0 Å². The lowest BCUT2D eigenvalue weighted by Gasteiger charge is -2.41. The van der Waals surface area contributed by atoms with E-state index >= 15 is 0 Å². The molecule has 0 aliphatic carbocycles. The van der Waals surface area contributed by atoms with Gasteiger partial charge in [-0.3, -0.25) is 4.90 Å². The van der Waals surface area contributed by atoms with Gasteiger partial charge < -0.3 is 10.1 Å². The van der Waals surface area contributed by atoms with Crippen molar-refractivity contribution in [2.24, 2.45) is 5.92 Å². The average molecular weight is 226 g/mol. The maximum Gasteiger partial charge on any atom is 0.0469 e. The third kappa shape index (κ3) is 3.19. The van der Waals surface area contributed by atoms with Crippen LogP contribution >= 0.6 is 0 Å². The maximum atomic E-state index is 5.43. The van der Waals surface area contributed by atoms with E-state index < -0.39 is 0 Å².